The number of carbonyl (C=O) groups is 2. The van der Waals surface area contributed by atoms with Gasteiger partial charge in [-0.1, -0.05) is 256 Å². The number of amides is 1. The number of unbranched alkanes of at least 4 members (excludes halogenated alkanes) is 38. The van der Waals surface area contributed by atoms with Crippen LogP contribution in [0.4, 0.5) is 0 Å². The van der Waals surface area contributed by atoms with E-state index in [1.54, 1.807) is 0 Å². The quantitative estimate of drug-likeness (QED) is 0.0321. The number of hydrogen-bond acceptors (Lipinski definition) is 5. The largest absolute Gasteiger partial charge is 0.466 e. The van der Waals surface area contributed by atoms with Gasteiger partial charge in [0.05, 0.1) is 25.4 Å². The maximum atomic E-state index is 12.5. The Hall–Kier alpha value is -1.92. The molecule has 3 N–H and O–H groups in total. The van der Waals surface area contributed by atoms with Crippen molar-refractivity contribution in [2.24, 2.45) is 0 Å². The molecule has 0 heterocycles. The first-order valence-electron chi connectivity index (χ1n) is 29.7. The third-order valence-corrected chi connectivity index (χ3v) is 13.7. The van der Waals surface area contributed by atoms with E-state index in [0.717, 1.165) is 64.2 Å². The molecule has 0 aliphatic carbocycles. The first-order valence-corrected chi connectivity index (χ1v) is 29.7. The third-order valence-electron chi connectivity index (χ3n) is 13.7. The van der Waals surface area contributed by atoms with Crippen molar-refractivity contribution in [1.29, 1.82) is 0 Å². The van der Waals surface area contributed by atoms with Crippen LogP contribution in [0.2, 0.25) is 0 Å². The van der Waals surface area contributed by atoms with Crippen LogP contribution in [0.15, 0.2) is 36.5 Å². The Morgan fingerprint density at radius 2 is 0.746 bits per heavy atom. The minimum atomic E-state index is -0.673. The molecule has 0 aliphatic rings. The molecule has 0 fully saturated rings. The fraction of sp³-hybridized carbons (Fsp3) is 0.869. The average molecular weight is 943 g/mol. The van der Waals surface area contributed by atoms with Crippen molar-refractivity contribution < 1.29 is 24.5 Å². The molecule has 2 unspecified atom stereocenters. The lowest BCUT2D eigenvalue weighted by Crippen LogP contribution is -2.45. The normalized spacial score (nSPS) is 12.8. The van der Waals surface area contributed by atoms with Gasteiger partial charge < -0.3 is 20.3 Å². The molecular formula is C61H115NO5. The molecule has 6 heteroatoms. The molecule has 67 heavy (non-hydrogen) atoms. The van der Waals surface area contributed by atoms with E-state index in [1.807, 2.05) is 0 Å². The summed E-state index contributed by atoms with van der Waals surface area (Å²) in [5.74, 6) is -0.0501. The molecule has 394 valence electrons. The Bertz CT molecular complexity index is 1090. The highest BCUT2D eigenvalue weighted by molar-refractivity contribution is 5.76. The number of rotatable bonds is 55. The van der Waals surface area contributed by atoms with Crippen LogP contribution in [0.1, 0.15) is 316 Å². The molecular weight excluding hydrogens is 827 g/mol. The highest BCUT2D eigenvalue weighted by Gasteiger charge is 2.20. The SMILES string of the molecule is CCCCC/C=C\C/C=C\CCCCCCCCCCCC(=O)OCCCCCCCCCCC/C=C\CCCCCCCC(=O)NC(CO)C(O)CCCCCCCCCCCCCCC. The molecule has 0 aromatic rings. The van der Waals surface area contributed by atoms with Crippen molar-refractivity contribution in [3.63, 3.8) is 0 Å². The molecule has 0 radical (unpaired) electrons. The second kappa shape index (κ2) is 56.7. The van der Waals surface area contributed by atoms with Crippen LogP contribution < -0.4 is 5.32 Å². The number of esters is 1. The number of carbonyl (C=O) groups excluding carboxylic acids is 2. The Kier molecular flexibility index (Phi) is 55.0. The van der Waals surface area contributed by atoms with Gasteiger partial charge in [-0.05, 0) is 83.5 Å². The molecule has 2 atom stereocenters. The summed E-state index contributed by atoms with van der Waals surface area (Å²) in [4.78, 5) is 24.5. The van der Waals surface area contributed by atoms with Gasteiger partial charge in [0, 0.05) is 12.8 Å². The second-order valence-corrected chi connectivity index (χ2v) is 20.3. The van der Waals surface area contributed by atoms with E-state index in [1.165, 1.54) is 218 Å². The molecule has 1 amide bonds. The van der Waals surface area contributed by atoms with Gasteiger partial charge >= 0.3 is 5.97 Å². The van der Waals surface area contributed by atoms with Crippen molar-refractivity contribution >= 4 is 11.9 Å². The van der Waals surface area contributed by atoms with Crippen LogP contribution in [-0.4, -0.2) is 47.4 Å². The average Bonchev–Trinajstić information content (AvgIpc) is 3.33. The summed E-state index contributed by atoms with van der Waals surface area (Å²) < 4.78 is 5.49. The standard InChI is InChI=1S/C61H115NO5/c1-3-5-7-9-11-13-15-17-18-19-20-24-27-31-35-39-43-47-51-55-61(66)67-56-52-48-44-40-36-32-28-25-22-21-23-26-30-34-38-42-46-50-54-60(65)62-58(57-63)59(64)53-49-45-41-37-33-29-16-14-12-10-8-6-4-2/h11,13,17-18,23,26,58-59,63-64H,3-10,12,14-16,19-22,24-25,27-57H2,1-2H3,(H,62,65)/b13-11-,18-17-,26-23-. The van der Waals surface area contributed by atoms with Crippen molar-refractivity contribution in [2.75, 3.05) is 13.2 Å². The fourth-order valence-electron chi connectivity index (χ4n) is 9.08. The van der Waals surface area contributed by atoms with Crippen LogP contribution in [0, 0.1) is 0 Å². The van der Waals surface area contributed by atoms with E-state index in [9.17, 15) is 19.8 Å². The maximum Gasteiger partial charge on any atom is 0.305 e. The van der Waals surface area contributed by atoms with Gasteiger partial charge in [0.2, 0.25) is 5.91 Å². The van der Waals surface area contributed by atoms with E-state index in [4.69, 9.17) is 4.74 Å². The number of hydrogen-bond donors (Lipinski definition) is 3. The van der Waals surface area contributed by atoms with Crippen molar-refractivity contribution in [3.05, 3.63) is 36.5 Å². The lowest BCUT2D eigenvalue weighted by Gasteiger charge is -2.22. The Labute approximate surface area is 417 Å². The number of ether oxygens (including phenoxy) is 1. The summed E-state index contributed by atoms with van der Waals surface area (Å²) in [6.07, 6.45) is 69.9. The number of allylic oxidation sites excluding steroid dienone is 6. The van der Waals surface area contributed by atoms with Gasteiger partial charge in [-0.25, -0.2) is 0 Å². The molecule has 0 saturated carbocycles. The zero-order valence-electron chi connectivity index (χ0n) is 44.9. The van der Waals surface area contributed by atoms with Gasteiger partial charge in [-0.2, -0.15) is 0 Å². The van der Waals surface area contributed by atoms with Crippen LogP contribution in [-0.2, 0) is 14.3 Å². The van der Waals surface area contributed by atoms with E-state index >= 15 is 0 Å². The van der Waals surface area contributed by atoms with Crippen LogP contribution in [0.3, 0.4) is 0 Å². The van der Waals surface area contributed by atoms with Crippen LogP contribution in [0.25, 0.3) is 0 Å². The Morgan fingerprint density at radius 1 is 0.418 bits per heavy atom. The topological polar surface area (TPSA) is 95.9 Å². The first kappa shape index (κ1) is 65.1. The summed E-state index contributed by atoms with van der Waals surface area (Å²) in [6.45, 7) is 4.92. The van der Waals surface area contributed by atoms with E-state index < -0.39 is 12.1 Å². The fourth-order valence-corrected chi connectivity index (χ4v) is 9.08. The second-order valence-electron chi connectivity index (χ2n) is 20.3. The van der Waals surface area contributed by atoms with Gasteiger partial charge in [0.25, 0.3) is 0 Å². The van der Waals surface area contributed by atoms with E-state index in [-0.39, 0.29) is 18.5 Å². The van der Waals surface area contributed by atoms with E-state index in [2.05, 4.69) is 55.6 Å². The predicted octanol–water partition coefficient (Wildman–Crippen LogP) is 18.4. The van der Waals surface area contributed by atoms with Crippen molar-refractivity contribution in [3.8, 4) is 0 Å². The zero-order valence-corrected chi connectivity index (χ0v) is 44.9. The minimum absolute atomic E-state index is 0.000846. The molecule has 0 aliphatic heterocycles. The first-order chi connectivity index (χ1) is 33.0. The number of aliphatic hydroxyl groups is 2. The molecule has 0 bridgehead atoms. The number of aliphatic hydroxyl groups excluding tert-OH is 2. The summed E-state index contributed by atoms with van der Waals surface area (Å²) in [5.41, 5.74) is 0. The van der Waals surface area contributed by atoms with E-state index in [0.29, 0.717) is 25.9 Å². The van der Waals surface area contributed by atoms with Gasteiger partial charge in [0.15, 0.2) is 0 Å². The van der Waals surface area contributed by atoms with Crippen LogP contribution >= 0.6 is 0 Å². The lowest BCUT2D eigenvalue weighted by molar-refractivity contribution is -0.143. The summed E-state index contributed by atoms with van der Waals surface area (Å²) in [7, 11) is 0. The maximum absolute atomic E-state index is 12.5. The van der Waals surface area contributed by atoms with Crippen molar-refractivity contribution in [1.82, 2.24) is 5.32 Å². The van der Waals surface area contributed by atoms with Crippen LogP contribution in [0.5, 0.6) is 0 Å². The predicted molar refractivity (Wildman–Crippen MR) is 292 cm³/mol. The highest BCUT2D eigenvalue weighted by Crippen LogP contribution is 2.17. The molecule has 0 aromatic heterocycles. The summed E-state index contributed by atoms with van der Waals surface area (Å²) >= 11 is 0. The molecule has 6 nitrogen and oxygen atoms in total. The third kappa shape index (κ3) is 53.3. The Balaban J connectivity index is 3.43. The van der Waals surface area contributed by atoms with Gasteiger partial charge in [-0.3, -0.25) is 9.59 Å². The smallest absolute Gasteiger partial charge is 0.305 e. The highest BCUT2D eigenvalue weighted by atomic mass is 16.5. The van der Waals surface area contributed by atoms with Crippen molar-refractivity contribution in [2.45, 2.75) is 328 Å². The van der Waals surface area contributed by atoms with Gasteiger partial charge in [0.1, 0.15) is 0 Å². The van der Waals surface area contributed by atoms with Gasteiger partial charge in [-0.15, -0.1) is 0 Å². The molecule has 0 spiro atoms. The minimum Gasteiger partial charge on any atom is -0.466 e. The monoisotopic (exact) mass is 942 g/mol. The summed E-state index contributed by atoms with van der Waals surface area (Å²) in [6, 6.07) is -0.551. The lowest BCUT2D eigenvalue weighted by atomic mass is 10.0. The Morgan fingerprint density at radius 3 is 1.18 bits per heavy atom. The number of nitrogens with one attached hydrogen (secondary N) is 1. The molecule has 0 saturated heterocycles. The molecule has 0 aromatic carbocycles. The summed E-state index contributed by atoms with van der Waals surface area (Å²) in [5, 5.41) is 23.2. The zero-order chi connectivity index (χ0) is 48.6. The molecule has 0 rings (SSSR count).